The normalized spacial score (nSPS) is 33.9. The predicted octanol–water partition coefficient (Wildman–Crippen LogP) is 5.39. The molecule has 228 valence electrons. The molecule has 2 bridgehead atoms. The van der Waals surface area contributed by atoms with Crippen LogP contribution in [0.2, 0.25) is 0 Å². The second-order valence-electron chi connectivity index (χ2n) is 14.9. The largest absolute Gasteiger partial charge is 0.379 e. The van der Waals surface area contributed by atoms with Gasteiger partial charge in [-0.3, -0.25) is 9.69 Å². The standard InChI is InChI=1S/C33H50N4O3.ClH/c1-23(2)37-31(39)36(28-13-14-40-21-28)22-33(37)15-26-11-12-27(16-33)35(26)19-25-18-34(30(38)17-32(3,4)5)20-29(25)24-9-7-6-8-10-24;/h6-10,23,25-29H,11-22H2,1-5H3;1H/t25-,26?,27?,28?,29-,33?;/m1./s1. The first kappa shape index (κ1) is 30.6. The number of amides is 3. The van der Waals surface area contributed by atoms with Crippen molar-refractivity contribution in [3.05, 3.63) is 35.9 Å². The van der Waals surface area contributed by atoms with Gasteiger partial charge in [-0.05, 0) is 62.8 Å². The van der Waals surface area contributed by atoms with E-state index < -0.39 is 0 Å². The molecule has 8 heteroatoms. The van der Waals surface area contributed by atoms with E-state index in [1.54, 1.807) is 0 Å². The SMILES string of the molecule is CC(C)N1C(=O)N(C2CCOC2)CC12CC1CCC(C2)N1C[C@H]1CN(C(=O)CC(C)(C)C)C[C@@H]1c1ccccc1.Cl. The van der Waals surface area contributed by atoms with Crippen molar-refractivity contribution < 1.29 is 14.3 Å². The van der Waals surface area contributed by atoms with Crippen molar-refractivity contribution in [2.24, 2.45) is 11.3 Å². The summed E-state index contributed by atoms with van der Waals surface area (Å²) in [7, 11) is 0. The number of ether oxygens (including phenoxy) is 1. The van der Waals surface area contributed by atoms with Gasteiger partial charge in [0.15, 0.2) is 0 Å². The molecule has 1 spiro atoms. The molecule has 5 atom stereocenters. The van der Waals surface area contributed by atoms with E-state index in [-0.39, 0.29) is 41.5 Å². The Morgan fingerprint density at radius 2 is 1.71 bits per heavy atom. The van der Waals surface area contributed by atoms with Crippen molar-refractivity contribution in [3.63, 3.8) is 0 Å². The van der Waals surface area contributed by atoms with Crippen LogP contribution in [0.15, 0.2) is 30.3 Å². The molecule has 3 amide bonds. The van der Waals surface area contributed by atoms with E-state index in [1.165, 1.54) is 18.4 Å². The van der Waals surface area contributed by atoms with Gasteiger partial charge in [0.2, 0.25) is 5.91 Å². The molecule has 5 aliphatic rings. The lowest BCUT2D eigenvalue weighted by molar-refractivity contribution is -0.132. The molecule has 41 heavy (non-hydrogen) atoms. The second-order valence-corrected chi connectivity index (χ2v) is 14.9. The minimum Gasteiger partial charge on any atom is -0.379 e. The number of carbonyl (C=O) groups excluding carboxylic acids is 2. The zero-order valence-corrected chi connectivity index (χ0v) is 26.6. The number of urea groups is 1. The molecule has 1 aromatic carbocycles. The van der Waals surface area contributed by atoms with E-state index in [2.05, 4.69) is 84.6 Å². The summed E-state index contributed by atoms with van der Waals surface area (Å²) in [5.74, 6) is 1.10. The maximum atomic E-state index is 13.7. The van der Waals surface area contributed by atoms with Crippen molar-refractivity contribution in [2.45, 2.75) is 109 Å². The first-order valence-corrected chi connectivity index (χ1v) is 15.8. The molecule has 6 rings (SSSR count). The van der Waals surface area contributed by atoms with Gasteiger partial charge in [-0.2, -0.15) is 0 Å². The predicted molar refractivity (Wildman–Crippen MR) is 164 cm³/mol. The summed E-state index contributed by atoms with van der Waals surface area (Å²) in [4.78, 5) is 36.4. The van der Waals surface area contributed by atoms with Gasteiger partial charge in [0.1, 0.15) is 0 Å². The average Bonchev–Trinajstić information content (AvgIpc) is 3.66. The number of hydrogen-bond donors (Lipinski definition) is 0. The van der Waals surface area contributed by atoms with Gasteiger partial charge in [-0.15, -0.1) is 12.4 Å². The highest BCUT2D eigenvalue weighted by molar-refractivity contribution is 5.85. The number of halogens is 1. The fraction of sp³-hybridized carbons (Fsp3) is 0.758. The van der Waals surface area contributed by atoms with Crippen molar-refractivity contribution in [1.29, 1.82) is 0 Å². The summed E-state index contributed by atoms with van der Waals surface area (Å²) < 4.78 is 5.69. The summed E-state index contributed by atoms with van der Waals surface area (Å²) >= 11 is 0. The molecule has 5 aliphatic heterocycles. The zero-order chi connectivity index (χ0) is 28.2. The van der Waals surface area contributed by atoms with Crippen LogP contribution in [0.4, 0.5) is 4.79 Å². The van der Waals surface area contributed by atoms with Crippen LogP contribution < -0.4 is 0 Å². The first-order chi connectivity index (χ1) is 19.0. The molecule has 1 aromatic rings. The number of carbonyl (C=O) groups is 2. The molecule has 7 nitrogen and oxygen atoms in total. The van der Waals surface area contributed by atoms with Crippen molar-refractivity contribution >= 4 is 24.3 Å². The Morgan fingerprint density at radius 1 is 1.02 bits per heavy atom. The third-order valence-electron chi connectivity index (χ3n) is 10.4. The first-order valence-electron chi connectivity index (χ1n) is 15.8. The summed E-state index contributed by atoms with van der Waals surface area (Å²) in [6, 6.07) is 12.5. The fourth-order valence-corrected chi connectivity index (χ4v) is 8.84. The molecule has 3 unspecified atom stereocenters. The molecule has 5 fully saturated rings. The number of hydrogen-bond acceptors (Lipinski definition) is 4. The number of rotatable bonds is 6. The number of fused-ring (bicyclic) bond motifs is 2. The highest BCUT2D eigenvalue weighted by Crippen LogP contribution is 2.49. The van der Waals surface area contributed by atoms with Gasteiger partial charge >= 0.3 is 6.03 Å². The van der Waals surface area contributed by atoms with Crippen LogP contribution in [0.1, 0.15) is 84.6 Å². The summed E-state index contributed by atoms with van der Waals surface area (Å²) in [5, 5.41) is 0. The third kappa shape index (κ3) is 5.88. The maximum Gasteiger partial charge on any atom is 0.321 e. The maximum absolute atomic E-state index is 13.7. The summed E-state index contributed by atoms with van der Waals surface area (Å²) in [5.41, 5.74) is 1.29. The molecule has 0 saturated carbocycles. The van der Waals surface area contributed by atoms with Gasteiger partial charge in [-0.25, -0.2) is 4.79 Å². The van der Waals surface area contributed by atoms with Crippen LogP contribution in [0, 0.1) is 11.3 Å². The molecule has 5 heterocycles. The highest BCUT2D eigenvalue weighted by atomic mass is 35.5. The molecule has 0 aliphatic carbocycles. The molecule has 0 N–H and O–H groups in total. The van der Waals surface area contributed by atoms with Crippen molar-refractivity contribution in [1.82, 2.24) is 19.6 Å². The third-order valence-corrected chi connectivity index (χ3v) is 10.4. The lowest BCUT2D eigenvalue weighted by Gasteiger charge is -2.50. The molecular weight excluding hydrogens is 536 g/mol. The van der Waals surface area contributed by atoms with E-state index in [0.717, 1.165) is 52.0 Å². The van der Waals surface area contributed by atoms with E-state index in [0.29, 0.717) is 42.9 Å². The highest BCUT2D eigenvalue weighted by Gasteiger charge is 2.59. The monoisotopic (exact) mass is 586 g/mol. The summed E-state index contributed by atoms with van der Waals surface area (Å²) in [6.45, 7) is 15.9. The molecule has 5 saturated heterocycles. The van der Waals surface area contributed by atoms with Gasteiger partial charge in [-0.1, -0.05) is 51.1 Å². The van der Waals surface area contributed by atoms with Crippen molar-refractivity contribution in [2.75, 3.05) is 39.4 Å². The van der Waals surface area contributed by atoms with Crippen LogP contribution in [-0.4, -0.2) is 101 Å². The van der Waals surface area contributed by atoms with Crippen LogP contribution >= 0.6 is 12.4 Å². The lowest BCUT2D eigenvalue weighted by atomic mass is 9.80. The average molecular weight is 587 g/mol. The Hall–Kier alpha value is -1.83. The Balaban J connectivity index is 0.00000337. The zero-order valence-electron chi connectivity index (χ0n) is 25.8. The molecule has 0 radical (unpaired) electrons. The van der Waals surface area contributed by atoms with Crippen LogP contribution in [0.3, 0.4) is 0 Å². The van der Waals surface area contributed by atoms with E-state index in [4.69, 9.17) is 4.74 Å². The van der Waals surface area contributed by atoms with Crippen molar-refractivity contribution in [3.8, 4) is 0 Å². The Kier molecular flexibility index (Phi) is 8.73. The smallest absolute Gasteiger partial charge is 0.321 e. The quantitative estimate of drug-likeness (QED) is 0.449. The van der Waals surface area contributed by atoms with E-state index in [9.17, 15) is 9.59 Å². The van der Waals surface area contributed by atoms with Gasteiger partial charge < -0.3 is 19.4 Å². The van der Waals surface area contributed by atoms with Crippen LogP contribution in [-0.2, 0) is 9.53 Å². The lowest BCUT2D eigenvalue weighted by Crippen LogP contribution is -2.60. The van der Waals surface area contributed by atoms with Crippen LogP contribution in [0.25, 0.3) is 0 Å². The van der Waals surface area contributed by atoms with E-state index >= 15 is 0 Å². The molecular formula is C33H51ClN4O3. The minimum absolute atomic E-state index is 0. The fourth-order valence-electron chi connectivity index (χ4n) is 8.84. The number of nitrogens with zero attached hydrogens (tertiary/aromatic N) is 4. The van der Waals surface area contributed by atoms with Gasteiger partial charge in [0.25, 0.3) is 0 Å². The molecule has 0 aromatic heterocycles. The topological polar surface area (TPSA) is 56.3 Å². The Bertz CT molecular complexity index is 1070. The van der Waals surface area contributed by atoms with Gasteiger partial charge in [0, 0.05) is 63.3 Å². The van der Waals surface area contributed by atoms with Gasteiger partial charge in [0.05, 0.1) is 18.2 Å². The Labute approximate surface area is 253 Å². The van der Waals surface area contributed by atoms with E-state index in [1.807, 2.05) is 0 Å². The van der Waals surface area contributed by atoms with Crippen LogP contribution in [0.5, 0.6) is 0 Å². The number of likely N-dealkylation sites (tertiary alicyclic amines) is 1. The Morgan fingerprint density at radius 3 is 2.29 bits per heavy atom. The number of piperidine rings is 1. The number of benzene rings is 1. The second kappa shape index (κ2) is 11.7. The minimum atomic E-state index is -0.0700. The summed E-state index contributed by atoms with van der Waals surface area (Å²) in [6.07, 6.45) is 6.11.